The number of aromatic amines is 1. The predicted octanol–water partition coefficient (Wildman–Crippen LogP) is 6.92. The number of nitrogens with zero attached hydrogens (tertiary/aromatic N) is 2. The van der Waals surface area contributed by atoms with Crippen LogP contribution in [0.5, 0.6) is 5.75 Å². The fourth-order valence-electron chi connectivity index (χ4n) is 2.97. The fourth-order valence-corrected chi connectivity index (χ4v) is 5.49. The van der Waals surface area contributed by atoms with E-state index in [4.69, 9.17) is 4.43 Å². The van der Waals surface area contributed by atoms with Gasteiger partial charge in [-0.05, 0) is 57.6 Å². The molecule has 4 rings (SSSR count). The van der Waals surface area contributed by atoms with Crippen molar-refractivity contribution >= 4 is 62.8 Å². The summed E-state index contributed by atoms with van der Waals surface area (Å²) in [5.41, 5.74) is 2.88. The molecule has 4 aromatic rings. The number of carbonyl (C=O) groups is 1. The zero-order chi connectivity index (χ0) is 21.1. The number of rotatable bonds is 3. The molecule has 0 unspecified atom stereocenters. The molecule has 152 valence electrons. The lowest BCUT2D eigenvalue weighted by molar-refractivity contribution is 0.194. The van der Waals surface area contributed by atoms with Crippen LogP contribution in [0.3, 0.4) is 0 Å². The molecule has 0 saturated carbocycles. The molecule has 0 aliphatic carbocycles. The van der Waals surface area contributed by atoms with E-state index in [2.05, 4.69) is 59.9 Å². The van der Waals surface area contributed by atoms with Gasteiger partial charge in [-0.1, -0.05) is 20.8 Å². The molecule has 0 atom stereocenters. The number of thiophene rings is 1. The number of H-pyrrole nitrogens is 1. The van der Waals surface area contributed by atoms with E-state index in [1.165, 1.54) is 11.3 Å². The van der Waals surface area contributed by atoms with E-state index in [0.29, 0.717) is 11.2 Å². The number of fused-ring (bicyclic) bond motifs is 2. The van der Waals surface area contributed by atoms with Crippen molar-refractivity contribution in [2.24, 2.45) is 0 Å². The molecule has 1 aromatic carbocycles. The van der Waals surface area contributed by atoms with Gasteiger partial charge in [0.25, 0.3) is 0 Å². The second-order valence-corrected chi connectivity index (χ2v) is 15.0. The molecule has 0 saturated heterocycles. The van der Waals surface area contributed by atoms with E-state index in [0.717, 1.165) is 36.2 Å². The van der Waals surface area contributed by atoms with Gasteiger partial charge in [0.2, 0.25) is 8.32 Å². The Labute approximate surface area is 181 Å². The molecular weight excluding hydrogens is 470 g/mol. The highest BCUT2D eigenvalue weighted by Crippen LogP contribution is 2.41. The molecule has 0 aliphatic rings. The Hall–Kier alpha value is -2.10. The first-order chi connectivity index (χ1) is 13.5. The van der Waals surface area contributed by atoms with Crippen LogP contribution in [0.25, 0.3) is 32.5 Å². The molecule has 2 N–H and O–H groups in total. The summed E-state index contributed by atoms with van der Waals surface area (Å²) in [5, 5.41) is 16.8. The first kappa shape index (κ1) is 20.2. The maximum atomic E-state index is 11.5. The van der Waals surface area contributed by atoms with Crippen molar-refractivity contribution in [3.8, 4) is 17.1 Å². The van der Waals surface area contributed by atoms with E-state index < -0.39 is 14.4 Å². The second kappa shape index (κ2) is 6.71. The average molecular weight is 492 g/mol. The zero-order valence-electron chi connectivity index (χ0n) is 16.8. The third kappa shape index (κ3) is 3.30. The number of carboxylic acid groups (broad SMARTS) is 1. The highest BCUT2D eigenvalue weighted by molar-refractivity contribution is 9.10. The molecule has 29 heavy (non-hydrogen) atoms. The lowest BCUT2D eigenvalue weighted by Crippen LogP contribution is -2.43. The van der Waals surface area contributed by atoms with Crippen LogP contribution in [0.4, 0.5) is 4.79 Å². The summed E-state index contributed by atoms with van der Waals surface area (Å²) in [7, 11) is -1.95. The molecule has 0 fully saturated rings. The second-order valence-electron chi connectivity index (χ2n) is 8.56. The third-order valence-corrected chi connectivity index (χ3v) is 11.7. The van der Waals surface area contributed by atoms with Crippen LogP contribution in [0.2, 0.25) is 18.1 Å². The largest absolute Gasteiger partial charge is 0.543 e. The van der Waals surface area contributed by atoms with Crippen molar-refractivity contribution in [3.05, 3.63) is 34.1 Å². The molecule has 3 aromatic heterocycles. The van der Waals surface area contributed by atoms with Crippen molar-refractivity contribution in [1.29, 1.82) is 0 Å². The number of nitrogens with one attached hydrogen (secondary N) is 1. The molecule has 0 spiro atoms. The summed E-state index contributed by atoms with van der Waals surface area (Å²) in [6.45, 7) is 11.1. The summed E-state index contributed by atoms with van der Waals surface area (Å²) in [6.07, 6.45) is -1.10. The molecule has 6 nitrogen and oxygen atoms in total. The van der Waals surface area contributed by atoms with Crippen molar-refractivity contribution in [3.63, 3.8) is 0 Å². The van der Waals surface area contributed by atoms with E-state index in [9.17, 15) is 9.90 Å². The van der Waals surface area contributed by atoms with Gasteiger partial charge in [0, 0.05) is 11.5 Å². The lowest BCUT2D eigenvalue weighted by atomic mass is 10.2. The maximum Gasteiger partial charge on any atom is 0.432 e. The molecule has 0 radical (unpaired) electrons. The SMILES string of the molecule is CC(C)(C)[Si](C)(C)Oc1ccc2c(Br)c(-c3nn(C(=O)O)c4ccsc34)[nH]c2c1. The van der Waals surface area contributed by atoms with Gasteiger partial charge >= 0.3 is 6.09 Å². The number of aromatic nitrogens is 3. The minimum Gasteiger partial charge on any atom is -0.543 e. The van der Waals surface area contributed by atoms with Gasteiger partial charge in [-0.2, -0.15) is 9.78 Å². The molecule has 0 bridgehead atoms. The normalized spacial score (nSPS) is 12.8. The van der Waals surface area contributed by atoms with Gasteiger partial charge in [-0.15, -0.1) is 11.3 Å². The fraction of sp³-hybridized carbons (Fsp3) is 0.300. The highest BCUT2D eigenvalue weighted by atomic mass is 79.9. The standard InChI is InChI=1S/C20H22BrN3O3SSi/c1-20(2,3)29(4,5)27-11-6-7-12-13(10-11)22-16(15(12)21)17-18-14(8-9-28-18)24(23-17)19(25)26/h6-10,22H,1-5H3,(H,25,26). The van der Waals surface area contributed by atoms with E-state index in [1.807, 2.05) is 23.6 Å². The summed E-state index contributed by atoms with van der Waals surface area (Å²) in [6, 6.07) is 7.78. The number of hydrogen-bond donors (Lipinski definition) is 2. The van der Waals surface area contributed by atoms with E-state index in [-0.39, 0.29) is 5.04 Å². The molecule has 0 amide bonds. The minimum absolute atomic E-state index is 0.109. The van der Waals surface area contributed by atoms with Gasteiger partial charge < -0.3 is 14.5 Å². The van der Waals surface area contributed by atoms with E-state index in [1.54, 1.807) is 6.07 Å². The average Bonchev–Trinajstić information content (AvgIpc) is 3.27. The van der Waals surface area contributed by atoms with Crippen LogP contribution in [-0.2, 0) is 0 Å². The van der Waals surface area contributed by atoms with Crippen LogP contribution < -0.4 is 4.43 Å². The maximum absolute atomic E-state index is 11.5. The Kier molecular flexibility index (Phi) is 4.67. The van der Waals surface area contributed by atoms with Gasteiger partial charge in [0.15, 0.2) is 0 Å². The first-order valence-corrected chi connectivity index (χ1v) is 13.8. The number of hydrogen-bond acceptors (Lipinski definition) is 4. The Morgan fingerprint density at radius 1 is 1.31 bits per heavy atom. The number of benzene rings is 1. The quantitative estimate of drug-likeness (QED) is 0.304. The summed E-state index contributed by atoms with van der Waals surface area (Å²) >= 11 is 5.14. The predicted molar refractivity (Wildman–Crippen MR) is 124 cm³/mol. The summed E-state index contributed by atoms with van der Waals surface area (Å²) in [5.74, 6) is 0.835. The van der Waals surface area contributed by atoms with Crippen LogP contribution >= 0.6 is 27.3 Å². The third-order valence-electron chi connectivity index (χ3n) is 5.59. The van der Waals surface area contributed by atoms with Crippen molar-refractivity contribution < 1.29 is 14.3 Å². The van der Waals surface area contributed by atoms with Crippen molar-refractivity contribution in [1.82, 2.24) is 14.8 Å². The Balaban J connectivity index is 1.82. The molecule has 0 aliphatic heterocycles. The van der Waals surface area contributed by atoms with Gasteiger partial charge in [0.05, 0.1) is 25.9 Å². The number of halogens is 1. The van der Waals surface area contributed by atoms with Crippen LogP contribution in [-0.4, -0.2) is 34.3 Å². The topological polar surface area (TPSA) is 80.1 Å². The Morgan fingerprint density at radius 2 is 2.03 bits per heavy atom. The Bertz CT molecular complexity index is 1250. The van der Waals surface area contributed by atoms with Crippen LogP contribution in [0, 0.1) is 0 Å². The lowest BCUT2D eigenvalue weighted by Gasteiger charge is -2.36. The van der Waals surface area contributed by atoms with Crippen molar-refractivity contribution in [2.45, 2.75) is 38.9 Å². The van der Waals surface area contributed by atoms with Gasteiger partial charge in [-0.25, -0.2) is 4.79 Å². The van der Waals surface area contributed by atoms with Gasteiger partial charge in [-0.3, -0.25) is 0 Å². The van der Waals surface area contributed by atoms with Gasteiger partial charge in [0.1, 0.15) is 11.4 Å². The molecule has 9 heteroatoms. The summed E-state index contributed by atoms with van der Waals surface area (Å²) < 4.78 is 9.14. The zero-order valence-corrected chi connectivity index (χ0v) is 20.2. The summed E-state index contributed by atoms with van der Waals surface area (Å²) in [4.78, 5) is 14.9. The minimum atomic E-state index is -1.95. The molecule has 3 heterocycles. The molecular formula is C20H22BrN3O3SSi. The highest BCUT2D eigenvalue weighted by Gasteiger charge is 2.39. The van der Waals surface area contributed by atoms with E-state index >= 15 is 0 Å². The Morgan fingerprint density at radius 3 is 2.69 bits per heavy atom. The first-order valence-electron chi connectivity index (χ1n) is 9.20. The van der Waals surface area contributed by atoms with Crippen LogP contribution in [0.1, 0.15) is 20.8 Å². The van der Waals surface area contributed by atoms with Crippen LogP contribution in [0.15, 0.2) is 34.1 Å². The monoisotopic (exact) mass is 491 g/mol. The van der Waals surface area contributed by atoms with Crippen molar-refractivity contribution in [2.75, 3.05) is 0 Å². The smallest absolute Gasteiger partial charge is 0.432 e.